The summed E-state index contributed by atoms with van der Waals surface area (Å²) in [7, 11) is 0. The number of hydrogen-bond donors (Lipinski definition) is 2. The molecule has 0 spiro atoms. The zero-order chi connectivity index (χ0) is 15.9. The normalized spacial score (nSPS) is 29.1. The molecule has 2 aliphatic heterocycles. The predicted molar refractivity (Wildman–Crippen MR) is 84.1 cm³/mol. The number of rotatable bonds is 1. The number of fused-ring (bicyclic) bond motifs is 5. The molecule has 2 N–H and O–H groups in total. The third-order valence-electron chi connectivity index (χ3n) is 4.81. The number of halogens is 2. The minimum Gasteiger partial charge on any atom is -0.494 e. The van der Waals surface area contributed by atoms with Gasteiger partial charge >= 0.3 is 0 Å². The van der Waals surface area contributed by atoms with Crippen LogP contribution in [-0.4, -0.2) is 14.8 Å². The number of aromatic nitrogens is 1. The number of nitrogens with zero attached hydrogens (tertiary/aromatic N) is 1. The first-order chi connectivity index (χ1) is 10.3. The number of benzene rings is 1. The van der Waals surface area contributed by atoms with Crippen LogP contribution in [0.15, 0.2) is 18.2 Å². The first kappa shape index (κ1) is 14.2. The Morgan fingerprint density at radius 3 is 1.86 bits per heavy atom. The van der Waals surface area contributed by atoms with E-state index in [1.807, 2.05) is 13.8 Å². The summed E-state index contributed by atoms with van der Waals surface area (Å²) in [6.45, 7) is 3.89. The third kappa shape index (κ3) is 1.63. The van der Waals surface area contributed by atoms with Gasteiger partial charge in [0.2, 0.25) is 11.8 Å². The molecule has 4 rings (SSSR count). The van der Waals surface area contributed by atoms with Crippen molar-refractivity contribution in [1.82, 2.24) is 4.57 Å². The number of aromatic hydroxyl groups is 2. The zero-order valence-corrected chi connectivity index (χ0v) is 13.7. The van der Waals surface area contributed by atoms with Gasteiger partial charge in [0.15, 0.2) is 0 Å². The minimum absolute atomic E-state index is 0.0169. The van der Waals surface area contributed by atoms with Gasteiger partial charge in [-0.1, -0.05) is 23.2 Å². The van der Waals surface area contributed by atoms with Crippen LogP contribution in [0.25, 0.3) is 5.69 Å². The van der Waals surface area contributed by atoms with Gasteiger partial charge in [0, 0.05) is 10.0 Å². The van der Waals surface area contributed by atoms with E-state index in [1.54, 1.807) is 18.2 Å². The van der Waals surface area contributed by atoms with Gasteiger partial charge in [0.1, 0.15) is 0 Å². The zero-order valence-electron chi connectivity index (χ0n) is 12.2. The molecule has 0 aliphatic carbocycles. The van der Waals surface area contributed by atoms with Crippen LogP contribution in [0.5, 0.6) is 11.8 Å². The van der Waals surface area contributed by atoms with Gasteiger partial charge < -0.3 is 14.9 Å². The molecule has 1 aromatic heterocycles. The van der Waals surface area contributed by atoms with E-state index >= 15 is 0 Å². The van der Waals surface area contributed by atoms with Crippen LogP contribution in [0, 0.1) is 0 Å². The fourth-order valence-corrected chi connectivity index (χ4v) is 4.41. The molecule has 1 fully saturated rings. The van der Waals surface area contributed by atoms with Crippen molar-refractivity contribution in [3.63, 3.8) is 0 Å². The van der Waals surface area contributed by atoms with E-state index in [0.717, 1.165) is 12.8 Å². The summed E-state index contributed by atoms with van der Waals surface area (Å²) < 4.78 is 7.45. The molecule has 116 valence electrons. The second-order valence-electron chi connectivity index (χ2n) is 6.42. The second-order valence-corrected chi connectivity index (χ2v) is 7.30. The summed E-state index contributed by atoms with van der Waals surface area (Å²) in [6, 6.07) is 4.90. The highest BCUT2D eigenvalue weighted by molar-refractivity contribution is 6.34. The molecule has 22 heavy (non-hydrogen) atoms. The average molecular weight is 340 g/mol. The van der Waals surface area contributed by atoms with Crippen molar-refractivity contribution in [2.45, 2.75) is 37.9 Å². The Labute approximate surface area is 137 Å². The van der Waals surface area contributed by atoms with Gasteiger partial charge in [-0.25, -0.2) is 0 Å². The lowest BCUT2D eigenvalue weighted by Crippen LogP contribution is -2.17. The van der Waals surface area contributed by atoms with E-state index in [0.29, 0.717) is 26.9 Å². The van der Waals surface area contributed by atoms with E-state index < -0.39 is 11.2 Å². The molecule has 2 bridgehead atoms. The SMILES string of the molecule is C[C@]12CC[C@](C)(O1)c1c2c(O)n(-c2cc(Cl)cc(Cl)c2)c1O. The van der Waals surface area contributed by atoms with Gasteiger partial charge in [0.05, 0.1) is 28.0 Å². The fraction of sp³-hybridized carbons (Fsp3) is 0.375. The van der Waals surface area contributed by atoms with Crippen LogP contribution in [0.1, 0.15) is 37.8 Å². The Bertz CT molecular complexity index is 756. The van der Waals surface area contributed by atoms with Gasteiger partial charge in [-0.3, -0.25) is 4.57 Å². The van der Waals surface area contributed by atoms with Gasteiger partial charge in [-0.2, -0.15) is 0 Å². The summed E-state index contributed by atoms with van der Waals surface area (Å²) in [4.78, 5) is 0. The maximum atomic E-state index is 10.7. The number of hydrogen-bond acceptors (Lipinski definition) is 3. The molecule has 4 nitrogen and oxygen atoms in total. The van der Waals surface area contributed by atoms with E-state index in [4.69, 9.17) is 27.9 Å². The number of ether oxygens (including phenoxy) is 1. The monoisotopic (exact) mass is 339 g/mol. The molecule has 3 heterocycles. The molecule has 1 aromatic carbocycles. The molecule has 1 saturated heterocycles. The topological polar surface area (TPSA) is 54.6 Å². The summed E-state index contributed by atoms with van der Waals surface area (Å²) >= 11 is 12.1. The van der Waals surface area contributed by atoms with Crippen molar-refractivity contribution in [3.05, 3.63) is 39.4 Å². The first-order valence-electron chi connectivity index (χ1n) is 7.09. The second kappa shape index (κ2) is 4.13. The lowest BCUT2D eigenvalue weighted by atomic mass is 9.80. The van der Waals surface area contributed by atoms with E-state index in [-0.39, 0.29) is 11.8 Å². The molecular formula is C16H15Cl2NO3. The fourth-order valence-electron chi connectivity index (χ4n) is 3.89. The van der Waals surface area contributed by atoms with Crippen molar-refractivity contribution in [2.24, 2.45) is 0 Å². The van der Waals surface area contributed by atoms with E-state index in [2.05, 4.69) is 0 Å². The highest BCUT2D eigenvalue weighted by Crippen LogP contribution is 2.64. The minimum atomic E-state index is -0.570. The molecule has 2 atom stereocenters. The summed E-state index contributed by atoms with van der Waals surface area (Å²) in [5, 5.41) is 22.3. The molecule has 0 radical (unpaired) electrons. The first-order valence-corrected chi connectivity index (χ1v) is 7.85. The third-order valence-corrected chi connectivity index (χ3v) is 5.25. The van der Waals surface area contributed by atoms with Crippen molar-refractivity contribution in [3.8, 4) is 17.4 Å². The van der Waals surface area contributed by atoms with E-state index in [9.17, 15) is 10.2 Å². The molecule has 2 aromatic rings. The molecular weight excluding hydrogens is 325 g/mol. The summed E-state index contributed by atoms with van der Waals surface area (Å²) in [5.41, 5.74) is 0.705. The predicted octanol–water partition coefficient (Wildman–Crippen LogP) is 4.45. The van der Waals surface area contributed by atoms with Crippen molar-refractivity contribution >= 4 is 23.2 Å². The maximum absolute atomic E-state index is 10.7. The quantitative estimate of drug-likeness (QED) is 0.806. The molecule has 0 unspecified atom stereocenters. The Morgan fingerprint density at radius 1 is 0.955 bits per heavy atom. The maximum Gasteiger partial charge on any atom is 0.205 e. The molecule has 2 aliphatic rings. The van der Waals surface area contributed by atoms with Crippen LogP contribution in [0.4, 0.5) is 0 Å². The Balaban J connectivity index is 2.02. The van der Waals surface area contributed by atoms with Crippen LogP contribution < -0.4 is 0 Å². The highest BCUT2D eigenvalue weighted by Gasteiger charge is 2.59. The Kier molecular flexibility index (Phi) is 2.68. The smallest absolute Gasteiger partial charge is 0.205 e. The van der Waals surface area contributed by atoms with E-state index in [1.165, 1.54) is 4.57 Å². The van der Waals surface area contributed by atoms with Gasteiger partial charge in [0.25, 0.3) is 0 Å². The van der Waals surface area contributed by atoms with Crippen LogP contribution in [0.3, 0.4) is 0 Å². The molecule has 0 amide bonds. The summed E-state index contributed by atoms with van der Waals surface area (Å²) in [5.74, 6) is -0.0338. The standard InChI is InChI=1S/C16H15Cl2NO3/c1-15-3-4-16(2,22-15)12-11(15)13(20)19(14(12)21)10-6-8(17)5-9(18)7-10/h5-7,20-21H,3-4H2,1-2H3/t15-,16+. The van der Waals surface area contributed by atoms with Crippen molar-refractivity contribution in [2.75, 3.05) is 0 Å². The summed E-state index contributed by atoms with van der Waals surface area (Å²) in [6.07, 6.45) is 1.62. The van der Waals surface area contributed by atoms with Gasteiger partial charge in [-0.15, -0.1) is 0 Å². The van der Waals surface area contributed by atoms with Gasteiger partial charge in [-0.05, 0) is 44.9 Å². The lowest BCUT2D eigenvalue weighted by molar-refractivity contribution is -0.0683. The van der Waals surface area contributed by atoms with Crippen LogP contribution in [-0.2, 0) is 15.9 Å². The van der Waals surface area contributed by atoms with Crippen LogP contribution in [0.2, 0.25) is 10.0 Å². The van der Waals surface area contributed by atoms with Crippen molar-refractivity contribution in [1.29, 1.82) is 0 Å². The van der Waals surface area contributed by atoms with Crippen molar-refractivity contribution < 1.29 is 14.9 Å². The average Bonchev–Trinajstić information content (AvgIpc) is 2.93. The Morgan fingerprint density at radius 2 is 1.41 bits per heavy atom. The highest BCUT2D eigenvalue weighted by atomic mass is 35.5. The molecule has 0 saturated carbocycles. The Hall–Kier alpha value is -1.36. The largest absolute Gasteiger partial charge is 0.494 e. The molecule has 6 heteroatoms. The lowest BCUT2D eigenvalue weighted by Gasteiger charge is -2.21. The van der Waals surface area contributed by atoms with Crippen LogP contribution >= 0.6 is 23.2 Å².